The number of methoxy groups -OCH3 is 1. The van der Waals surface area contributed by atoms with Gasteiger partial charge in [0.15, 0.2) is 11.6 Å². The van der Waals surface area contributed by atoms with E-state index >= 15 is 0 Å². The van der Waals surface area contributed by atoms with E-state index in [2.05, 4.69) is 10.6 Å². The second kappa shape index (κ2) is 12.7. The zero-order chi connectivity index (χ0) is 26.2. The van der Waals surface area contributed by atoms with Gasteiger partial charge in [-0.1, -0.05) is 58.0 Å². The summed E-state index contributed by atoms with van der Waals surface area (Å²) in [5.74, 6) is -1.98. The number of ketones is 2. The molecule has 1 fully saturated rings. The standard InChI is InChI=1S/C25H34N2O7S/c1-15(2)20(23(31)33-5)27-22(30)17(26-24(32)34-13-16-9-7-6-8-10-16)14-35-21-18(28)11-25(3,4)12-19(21)29/h6-10,15,17,20-21H,11-14H2,1-5H3,(H,26,32)(H,27,30)/t17-,20-/m0/s1. The summed E-state index contributed by atoms with van der Waals surface area (Å²) in [5.41, 5.74) is 0.372. The molecule has 10 heteroatoms. The van der Waals surface area contributed by atoms with Crippen LogP contribution in [0.5, 0.6) is 0 Å². The molecule has 35 heavy (non-hydrogen) atoms. The van der Waals surface area contributed by atoms with Crippen LogP contribution in [0.25, 0.3) is 0 Å². The Morgan fingerprint density at radius 1 is 1.06 bits per heavy atom. The van der Waals surface area contributed by atoms with Crippen molar-refractivity contribution in [2.45, 2.75) is 64.5 Å². The minimum Gasteiger partial charge on any atom is -0.467 e. The Balaban J connectivity index is 2.10. The molecule has 0 unspecified atom stereocenters. The molecule has 0 saturated heterocycles. The summed E-state index contributed by atoms with van der Waals surface area (Å²) in [4.78, 5) is 62.7. The van der Waals surface area contributed by atoms with Gasteiger partial charge in [-0.15, -0.1) is 11.8 Å². The summed E-state index contributed by atoms with van der Waals surface area (Å²) in [6.07, 6.45) is -0.314. The number of carbonyl (C=O) groups is 5. The number of alkyl carbamates (subject to hydrolysis) is 1. The van der Waals surface area contributed by atoms with E-state index in [0.29, 0.717) is 0 Å². The summed E-state index contributed by atoms with van der Waals surface area (Å²) in [6.45, 7) is 7.22. The number of esters is 1. The number of amides is 2. The van der Waals surface area contributed by atoms with Crippen molar-refractivity contribution in [3.63, 3.8) is 0 Å². The third-order valence-corrected chi connectivity index (χ3v) is 6.95. The maximum Gasteiger partial charge on any atom is 0.408 e. The number of hydrogen-bond acceptors (Lipinski definition) is 8. The molecule has 2 N–H and O–H groups in total. The third-order valence-electron chi connectivity index (χ3n) is 5.56. The molecule has 1 aliphatic carbocycles. The number of benzene rings is 1. The van der Waals surface area contributed by atoms with Gasteiger partial charge in [0.2, 0.25) is 5.91 Å². The molecular formula is C25H34N2O7S. The van der Waals surface area contributed by atoms with Gasteiger partial charge in [0.1, 0.15) is 23.9 Å². The lowest BCUT2D eigenvalue weighted by Crippen LogP contribution is -2.54. The van der Waals surface area contributed by atoms with Gasteiger partial charge in [-0.2, -0.15) is 0 Å². The summed E-state index contributed by atoms with van der Waals surface area (Å²) in [7, 11) is 1.22. The second-order valence-electron chi connectivity index (χ2n) is 9.68. The molecule has 2 atom stereocenters. The number of Topliss-reactive ketones (excluding diaryl/α,β-unsaturated/α-hetero) is 2. The zero-order valence-corrected chi connectivity index (χ0v) is 21.6. The molecule has 0 aromatic heterocycles. The van der Waals surface area contributed by atoms with E-state index in [1.54, 1.807) is 26.0 Å². The maximum atomic E-state index is 13.1. The van der Waals surface area contributed by atoms with Crippen molar-refractivity contribution >= 4 is 41.3 Å². The van der Waals surface area contributed by atoms with Crippen LogP contribution in [0.15, 0.2) is 30.3 Å². The van der Waals surface area contributed by atoms with Crippen LogP contribution in [0.1, 0.15) is 46.1 Å². The van der Waals surface area contributed by atoms with E-state index in [4.69, 9.17) is 9.47 Å². The van der Waals surface area contributed by atoms with Gasteiger partial charge in [-0.3, -0.25) is 14.4 Å². The molecule has 1 aliphatic rings. The molecule has 192 valence electrons. The third kappa shape index (κ3) is 8.69. The maximum absolute atomic E-state index is 13.1. The Labute approximate surface area is 210 Å². The van der Waals surface area contributed by atoms with Crippen molar-refractivity contribution in [3.05, 3.63) is 35.9 Å². The van der Waals surface area contributed by atoms with Crippen LogP contribution < -0.4 is 10.6 Å². The number of nitrogens with one attached hydrogen (secondary N) is 2. The van der Waals surface area contributed by atoms with Crippen molar-refractivity contribution in [2.75, 3.05) is 12.9 Å². The van der Waals surface area contributed by atoms with Crippen LogP contribution in [0, 0.1) is 11.3 Å². The van der Waals surface area contributed by atoms with Gasteiger partial charge >= 0.3 is 12.1 Å². The van der Waals surface area contributed by atoms with Gasteiger partial charge in [-0.05, 0) is 16.9 Å². The average Bonchev–Trinajstić information content (AvgIpc) is 2.78. The van der Waals surface area contributed by atoms with Gasteiger partial charge in [-0.25, -0.2) is 9.59 Å². The molecule has 2 rings (SSSR count). The first kappa shape index (κ1) is 28.4. The Morgan fingerprint density at radius 3 is 2.20 bits per heavy atom. The van der Waals surface area contributed by atoms with E-state index in [1.807, 2.05) is 32.0 Å². The van der Waals surface area contributed by atoms with Crippen LogP contribution in [-0.2, 0) is 35.3 Å². The summed E-state index contributed by atoms with van der Waals surface area (Å²) in [6, 6.07) is 6.95. The van der Waals surface area contributed by atoms with E-state index in [9.17, 15) is 24.0 Å². The lowest BCUT2D eigenvalue weighted by molar-refractivity contribution is -0.146. The van der Waals surface area contributed by atoms with Crippen LogP contribution in [0.2, 0.25) is 0 Å². The van der Waals surface area contributed by atoms with Crippen LogP contribution in [0.4, 0.5) is 4.79 Å². The van der Waals surface area contributed by atoms with Gasteiger partial charge in [0, 0.05) is 18.6 Å². The molecule has 0 aliphatic heterocycles. The Hall–Kier alpha value is -2.88. The SMILES string of the molecule is COC(=O)[C@@H](NC(=O)[C@H](CSC1C(=O)CC(C)(C)CC1=O)NC(=O)OCc1ccccc1)C(C)C. The fraction of sp³-hybridized carbons (Fsp3) is 0.560. The Morgan fingerprint density at radius 2 is 1.66 bits per heavy atom. The normalized spacial score (nSPS) is 17.4. The molecule has 1 aromatic rings. The van der Waals surface area contributed by atoms with Crippen molar-refractivity contribution in [1.82, 2.24) is 10.6 Å². The second-order valence-corrected chi connectivity index (χ2v) is 10.8. The minimum atomic E-state index is -1.15. The highest BCUT2D eigenvalue weighted by Crippen LogP contribution is 2.35. The first-order valence-electron chi connectivity index (χ1n) is 11.5. The molecule has 1 saturated carbocycles. The smallest absolute Gasteiger partial charge is 0.408 e. The van der Waals surface area contributed by atoms with Crippen molar-refractivity contribution in [2.24, 2.45) is 11.3 Å². The van der Waals surface area contributed by atoms with Crippen molar-refractivity contribution < 1.29 is 33.4 Å². The van der Waals surface area contributed by atoms with E-state index in [1.165, 1.54) is 7.11 Å². The minimum absolute atomic E-state index is 0.000382. The first-order valence-corrected chi connectivity index (χ1v) is 12.5. The molecule has 0 spiro atoms. The van der Waals surface area contributed by atoms with Gasteiger partial charge in [0.05, 0.1) is 7.11 Å². The van der Waals surface area contributed by atoms with Crippen LogP contribution in [-0.4, -0.2) is 59.7 Å². The number of ether oxygens (including phenoxy) is 2. The highest BCUT2D eigenvalue weighted by Gasteiger charge is 2.40. The monoisotopic (exact) mass is 506 g/mol. The Kier molecular flexibility index (Phi) is 10.3. The van der Waals surface area contributed by atoms with Gasteiger partial charge in [0.25, 0.3) is 0 Å². The summed E-state index contributed by atoms with van der Waals surface area (Å²) in [5, 5.41) is 4.21. The van der Waals surface area contributed by atoms with E-state index in [-0.39, 0.29) is 42.7 Å². The highest BCUT2D eigenvalue weighted by molar-refractivity contribution is 8.01. The van der Waals surface area contributed by atoms with Crippen LogP contribution in [0.3, 0.4) is 0 Å². The predicted octanol–water partition coefficient (Wildman–Crippen LogP) is 2.66. The summed E-state index contributed by atoms with van der Waals surface area (Å²) < 4.78 is 9.99. The largest absolute Gasteiger partial charge is 0.467 e. The molecule has 2 amide bonds. The topological polar surface area (TPSA) is 128 Å². The fourth-order valence-electron chi connectivity index (χ4n) is 3.72. The van der Waals surface area contributed by atoms with Crippen molar-refractivity contribution in [3.8, 4) is 0 Å². The Bertz CT molecular complexity index is 913. The quantitative estimate of drug-likeness (QED) is 0.366. The molecular weight excluding hydrogens is 472 g/mol. The number of hydrogen-bond donors (Lipinski definition) is 2. The zero-order valence-electron chi connectivity index (χ0n) is 20.8. The molecule has 9 nitrogen and oxygen atoms in total. The van der Waals surface area contributed by atoms with E-state index in [0.717, 1.165) is 17.3 Å². The first-order chi connectivity index (χ1) is 16.4. The predicted molar refractivity (Wildman–Crippen MR) is 132 cm³/mol. The van der Waals surface area contributed by atoms with E-state index < -0.39 is 40.7 Å². The fourth-order valence-corrected chi connectivity index (χ4v) is 4.88. The lowest BCUT2D eigenvalue weighted by Gasteiger charge is -2.32. The lowest BCUT2D eigenvalue weighted by atomic mass is 9.76. The summed E-state index contributed by atoms with van der Waals surface area (Å²) >= 11 is 1.01. The molecule has 0 radical (unpaired) electrons. The number of rotatable bonds is 10. The van der Waals surface area contributed by atoms with Gasteiger partial charge < -0.3 is 20.1 Å². The highest BCUT2D eigenvalue weighted by atomic mass is 32.2. The number of carbonyl (C=O) groups excluding carboxylic acids is 5. The van der Waals surface area contributed by atoms with Crippen molar-refractivity contribution in [1.29, 1.82) is 0 Å². The molecule has 0 bridgehead atoms. The molecule has 0 heterocycles. The average molecular weight is 507 g/mol. The number of thioether (sulfide) groups is 1. The molecule has 1 aromatic carbocycles. The van der Waals surface area contributed by atoms with Crippen LogP contribution >= 0.6 is 11.8 Å².